The molecule has 2 heterocycles. The fourth-order valence-electron chi connectivity index (χ4n) is 5.13. The molecule has 2 unspecified atom stereocenters. The number of hydrogen-bond acceptors (Lipinski definition) is 3. The molecular formula is C24H27N3O. The monoisotopic (exact) mass is 373 g/mol. The van der Waals surface area contributed by atoms with E-state index in [4.69, 9.17) is 5.10 Å². The zero-order valence-corrected chi connectivity index (χ0v) is 16.2. The Hall–Kier alpha value is -2.62. The van der Waals surface area contributed by atoms with Crippen molar-refractivity contribution in [2.45, 2.75) is 50.7 Å². The van der Waals surface area contributed by atoms with Crippen LogP contribution in [0.3, 0.4) is 0 Å². The van der Waals surface area contributed by atoms with Gasteiger partial charge in [0.25, 0.3) is 5.91 Å². The first-order chi connectivity index (χ1) is 13.8. The van der Waals surface area contributed by atoms with Gasteiger partial charge in [0.1, 0.15) is 5.71 Å². The van der Waals surface area contributed by atoms with E-state index < -0.39 is 0 Å². The van der Waals surface area contributed by atoms with Crippen LogP contribution in [0.1, 0.15) is 49.3 Å². The van der Waals surface area contributed by atoms with Crippen molar-refractivity contribution in [2.24, 2.45) is 11.0 Å². The first-order valence-electron chi connectivity index (χ1n) is 10.6. The molecule has 2 aliphatic heterocycles. The lowest BCUT2D eigenvalue weighted by Crippen LogP contribution is -2.40. The molecule has 0 spiro atoms. The van der Waals surface area contributed by atoms with Gasteiger partial charge in [0, 0.05) is 12.6 Å². The van der Waals surface area contributed by atoms with Crippen molar-refractivity contribution in [2.75, 3.05) is 6.54 Å². The molecule has 2 aromatic carbocycles. The van der Waals surface area contributed by atoms with E-state index in [0.29, 0.717) is 6.04 Å². The number of carbonyl (C=O) groups is 1. The number of likely N-dealkylation sites (tertiary alicyclic amines) is 1. The van der Waals surface area contributed by atoms with Crippen LogP contribution < -0.4 is 0 Å². The minimum Gasteiger partial charge on any atom is -0.334 e. The minimum absolute atomic E-state index is 0.133. The third kappa shape index (κ3) is 3.11. The largest absolute Gasteiger partial charge is 0.334 e. The maximum absolute atomic E-state index is 13.2. The van der Waals surface area contributed by atoms with Crippen LogP contribution in [0.4, 0.5) is 0 Å². The summed E-state index contributed by atoms with van der Waals surface area (Å²) in [5, 5.41) is 7.03. The average Bonchev–Trinajstić information content (AvgIpc) is 3.26. The van der Waals surface area contributed by atoms with Crippen LogP contribution in [0.25, 0.3) is 0 Å². The van der Waals surface area contributed by atoms with Crippen molar-refractivity contribution < 1.29 is 4.79 Å². The van der Waals surface area contributed by atoms with Gasteiger partial charge in [0.2, 0.25) is 0 Å². The third-order valence-electron chi connectivity index (χ3n) is 6.51. The number of benzene rings is 2. The van der Waals surface area contributed by atoms with Crippen LogP contribution >= 0.6 is 0 Å². The highest BCUT2D eigenvalue weighted by Crippen LogP contribution is 2.42. The molecular weight excluding hydrogens is 346 g/mol. The maximum atomic E-state index is 13.2. The molecule has 1 saturated heterocycles. The second kappa shape index (κ2) is 7.42. The summed E-state index contributed by atoms with van der Waals surface area (Å²) in [4.78, 5) is 15.4. The summed E-state index contributed by atoms with van der Waals surface area (Å²) in [6.07, 6.45) is 6.09. The lowest BCUT2D eigenvalue weighted by molar-refractivity contribution is -0.125. The van der Waals surface area contributed by atoms with Crippen LogP contribution in [0.15, 0.2) is 65.8 Å². The first kappa shape index (κ1) is 17.5. The number of carbonyl (C=O) groups excluding carboxylic acids is 1. The van der Waals surface area contributed by atoms with Gasteiger partial charge in [-0.1, -0.05) is 79.9 Å². The molecule has 2 aromatic rings. The summed E-state index contributed by atoms with van der Waals surface area (Å²) in [5.41, 5.74) is 3.25. The van der Waals surface area contributed by atoms with Crippen molar-refractivity contribution in [1.29, 1.82) is 0 Å². The van der Waals surface area contributed by atoms with Crippen LogP contribution in [0.5, 0.6) is 0 Å². The summed E-state index contributed by atoms with van der Waals surface area (Å²) in [6, 6.07) is 21.5. The fraction of sp³-hybridized carbons (Fsp3) is 0.417. The molecule has 0 bridgehead atoms. The van der Waals surface area contributed by atoms with E-state index in [9.17, 15) is 4.79 Å². The summed E-state index contributed by atoms with van der Waals surface area (Å²) < 4.78 is 0. The Morgan fingerprint density at radius 2 is 1.57 bits per heavy atom. The van der Waals surface area contributed by atoms with Crippen molar-refractivity contribution >= 4 is 11.6 Å². The molecule has 4 nitrogen and oxygen atoms in total. The van der Waals surface area contributed by atoms with Crippen LogP contribution in [0, 0.1) is 5.92 Å². The van der Waals surface area contributed by atoms with E-state index in [1.54, 1.807) is 0 Å². The summed E-state index contributed by atoms with van der Waals surface area (Å²) in [6.45, 7) is 1.55. The van der Waals surface area contributed by atoms with Crippen molar-refractivity contribution in [3.63, 3.8) is 0 Å². The van der Waals surface area contributed by atoms with Gasteiger partial charge in [-0.15, -0.1) is 0 Å². The zero-order chi connectivity index (χ0) is 18.9. The average molecular weight is 374 g/mol. The van der Waals surface area contributed by atoms with Crippen molar-refractivity contribution in [1.82, 2.24) is 9.91 Å². The van der Waals surface area contributed by atoms with Crippen LogP contribution in [-0.2, 0) is 11.3 Å². The highest BCUT2D eigenvalue weighted by Gasteiger charge is 2.50. The molecule has 28 heavy (non-hydrogen) atoms. The standard InChI is InChI=1S/C24H27N3O/c28-24-22-21(17-26(24)20-14-8-3-9-15-20)23(19-12-6-2-7-13-19)27(25-22)16-18-10-4-1-5-11-18/h1-2,4-7,10-13,20-21,23H,3,8-9,14-17H2. The van der Waals surface area contributed by atoms with Gasteiger partial charge >= 0.3 is 0 Å². The van der Waals surface area contributed by atoms with Crippen molar-refractivity contribution in [3.8, 4) is 0 Å². The molecule has 5 rings (SSSR count). The molecule has 0 N–H and O–H groups in total. The van der Waals surface area contributed by atoms with Gasteiger partial charge in [0.15, 0.2) is 0 Å². The number of fused-ring (bicyclic) bond motifs is 1. The highest BCUT2D eigenvalue weighted by atomic mass is 16.2. The third-order valence-corrected chi connectivity index (χ3v) is 6.51. The predicted octanol–water partition coefficient (Wildman–Crippen LogP) is 4.39. The molecule has 1 saturated carbocycles. The Morgan fingerprint density at radius 1 is 0.893 bits per heavy atom. The van der Waals surface area contributed by atoms with Gasteiger partial charge in [-0.2, -0.15) is 5.10 Å². The fourth-order valence-corrected chi connectivity index (χ4v) is 5.13. The Bertz CT molecular complexity index is 858. The molecule has 1 amide bonds. The van der Waals surface area contributed by atoms with E-state index >= 15 is 0 Å². The van der Waals surface area contributed by atoms with E-state index in [2.05, 4.69) is 64.5 Å². The Morgan fingerprint density at radius 3 is 2.29 bits per heavy atom. The molecule has 3 aliphatic rings. The minimum atomic E-state index is 0.133. The quantitative estimate of drug-likeness (QED) is 0.797. The topological polar surface area (TPSA) is 35.9 Å². The molecule has 144 valence electrons. The van der Waals surface area contributed by atoms with Gasteiger partial charge in [0.05, 0.1) is 18.5 Å². The van der Waals surface area contributed by atoms with Crippen molar-refractivity contribution in [3.05, 3.63) is 71.8 Å². The molecule has 4 heteroatoms. The number of nitrogens with zero attached hydrogens (tertiary/aromatic N) is 3. The first-order valence-corrected chi connectivity index (χ1v) is 10.6. The lowest BCUT2D eigenvalue weighted by atomic mass is 9.91. The van der Waals surface area contributed by atoms with Gasteiger partial charge in [-0.05, 0) is 24.0 Å². The second-order valence-electron chi connectivity index (χ2n) is 8.28. The molecule has 2 atom stereocenters. The zero-order valence-electron chi connectivity index (χ0n) is 16.2. The number of amides is 1. The number of hydrazone groups is 1. The Balaban J connectivity index is 1.46. The number of hydrogen-bond donors (Lipinski definition) is 0. The molecule has 0 radical (unpaired) electrons. The van der Waals surface area contributed by atoms with Crippen LogP contribution in [0.2, 0.25) is 0 Å². The highest BCUT2D eigenvalue weighted by molar-refractivity contribution is 6.42. The maximum Gasteiger partial charge on any atom is 0.270 e. The van der Waals surface area contributed by atoms with Gasteiger partial charge in [-0.3, -0.25) is 9.80 Å². The van der Waals surface area contributed by atoms with E-state index in [1.807, 2.05) is 6.07 Å². The molecule has 2 fully saturated rings. The Labute approximate surface area is 166 Å². The second-order valence-corrected chi connectivity index (χ2v) is 8.28. The van der Waals surface area contributed by atoms with Crippen LogP contribution in [-0.4, -0.2) is 34.1 Å². The van der Waals surface area contributed by atoms with Gasteiger partial charge in [-0.25, -0.2) is 0 Å². The summed E-state index contributed by atoms with van der Waals surface area (Å²) in [7, 11) is 0. The smallest absolute Gasteiger partial charge is 0.270 e. The molecule has 1 aliphatic carbocycles. The Kier molecular flexibility index (Phi) is 4.63. The van der Waals surface area contributed by atoms with Gasteiger partial charge < -0.3 is 4.90 Å². The lowest BCUT2D eigenvalue weighted by Gasteiger charge is -2.33. The summed E-state index contributed by atoms with van der Waals surface area (Å²) >= 11 is 0. The van der Waals surface area contributed by atoms with E-state index in [0.717, 1.165) is 31.6 Å². The SMILES string of the molecule is O=C1C2=NN(Cc3ccccc3)C(c3ccccc3)C2CN1C1CCCCC1. The number of rotatable bonds is 4. The summed E-state index contributed by atoms with van der Waals surface area (Å²) in [5.74, 6) is 0.342. The van der Waals surface area contributed by atoms with E-state index in [1.165, 1.54) is 30.4 Å². The normalized spacial score (nSPS) is 25.1. The molecule has 0 aromatic heterocycles. The predicted molar refractivity (Wildman–Crippen MR) is 111 cm³/mol. The van der Waals surface area contributed by atoms with E-state index in [-0.39, 0.29) is 17.9 Å².